The topological polar surface area (TPSA) is 37.8 Å². The van der Waals surface area contributed by atoms with Crippen molar-refractivity contribution in [2.45, 2.75) is 26.8 Å². The van der Waals surface area contributed by atoms with Gasteiger partial charge in [0, 0.05) is 21.5 Å². The first-order chi connectivity index (χ1) is 8.17. The van der Waals surface area contributed by atoms with Crippen LogP contribution >= 0.6 is 22.9 Å². The molecule has 2 aromatic rings. The molecule has 5 heteroatoms. The molecule has 0 saturated carbocycles. The number of thiophene rings is 1. The van der Waals surface area contributed by atoms with Gasteiger partial charge in [0.1, 0.15) is 5.82 Å². The Morgan fingerprint density at radius 3 is 2.71 bits per heavy atom. The van der Waals surface area contributed by atoms with Gasteiger partial charge >= 0.3 is 0 Å². The van der Waals surface area contributed by atoms with E-state index in [1.54, 1.807) is 0 Å². The number of nitrogens with one attached hydrogen (secondary N) is 1. The number of rotatable bonds is 4. The molecule has 0 fully saturated rings. The SMILES string of the molecule is CCc1ccc(CNc2cc(C)nc(Cl)n2)s1. The maximum absolute atomic E-state index is 5.80. The van der Waals surface area contributed by atoms with Crippen LogP contribution in [0.1, 0.15) is 22.4 Å². The van der Waals surface area contributed by atoms with E-state index in [9.17, 15) is 0 Å². The second kappa shape index (κ2) is 5.47. The average Bonchev–Trinajstić information content (AvgIpc) is 2.73. The lowest BCUT2D eigenvalue weighted by atomic mass is 10.3. The molecule has 3 nitrogen and oxygen atoms in total. The highest BCUT2D eigenvalue weighted by molar-refractivity contribution is 7.12. The summed E-state index contributed by atoms with van der Waals surface area (Å²) in [5.41, 5.74) is 0.868. The zero-order chi connectivity index (χ0) is 12.3. The van der Waals surface area contributed by atoms with E-state index >= 15 is 0 Å². The van der Waals surface area contributed by atoms with Crippen LogP contribution < -0.4 is 5.32 Å². The normalized spacial score (nSPS) is 10.5. The fraction of sp³-hybridized carbons (Fsp3) is 0.333. The highest BCUT2D eigenvalue weighted by Crippen LogP contribution is 2.18. The molecule has 0 aliphatic rings. The van der Waals surface area contributed by atoms with E-state index in [4.69, 9.17) is 11.6 Å². The first-order valence-electron chi connectivity index (χ1n) is 5.50. The number of nitrogens with zero attached hydrogens (tertiary/aromatic N) is 2. The van der Waals surface area contributed by atoms with Crippen LogP contribution in [0, 0.1) is 6.92 Å². The summed E-state index contributed by atoms with van der Waals surface area (Å²) in [6, 6.07) is 6.20. The van der Waals surface area contributed by atoms with Gasteiger partial charge in [-0.1, -0.05) is 6.92 Å². The average molecular weight is 268 g/mol. The van der Waals surface area contributed by atoms with Gasteiger partial charge in [0.15, 0.2) is 0 Å². The molecule has 0 bridgehead atoms. The van der Waals surface area contributed by atoms with Crippen LogP contribution in [0.15, 0.2) is 18.2 Å². The second-order valence-corrected chi connectivity index (χ2v) is 5.33. The van der Waals surface area contributed by atoms with Crippen molar-refractivity contribution in [2.75, 3.05) is 5.32 Å². The van der Waals surface area contributed by atoms with Crippen LogP contribution in [0.3, 0.4) is 0 Å². The summed E-state index contributed by atoms with van der Waals surface area (Å²) in [7, 11) is 0. The Hall–Kier alpha value is -1.13. The van der Waals surface area contributed by atoms with E-state index in [2.05, 4.69) is 34.3 Å². The third-order valence-corrected chi connectivity index (χ3v) is 3.74. The number of aromatic nitrogens is 2. The van der Waals surface area contributed by atoms with Crippen LogP contribution in [0.5, 0.6) is 0 Å². The summed E-state index contributed by atoms with van der Waals surface area (Å²) in [5.74, 6) is 0.772. The van der Waals surface area contributed by atoms with Gasteiger partial charge in [-0.05, 0) is 37.1 Å². The third-order valence-electron chi connectivity index (χ3n) is 2.34. The highest BCUT2D eigenvalue weighted by Gasteiger charge is 2.01. The summed E-state index contributed by atoms with van der Waals surface area (Å²) >= 11 is 7.62. The van der Waals surface area contributed by atoms with Crippen molar-refractivity contribution < 1.29 is 0 Å². The Morgan fingerprint density at radius 1 is 1.29 bits per heavy atom. The zero-order valence-corrected chi connectivity index (χ0v) is 11.4. The van der Waals surface area contributed by atoms with Crippen LogP contribution in [-0.2, 0) is 13.0 Å². The van der Waals surface area contributed by atoms with Gasteiger partial charge in [-0.25, -0.2) is 9.97 Å². The molecule has 0 radical (unpaired) electrons. The van der Waals surface area contributed by atoms with Crippen molar-refractivity contribution in [3.8, 4) is 0 Å². The van der Waals surface area contributed by atoms with Gasteiger partial charge in [0.25, 0.3) is 0 Å². The summed E-state index contributed by atoms with van der Waals surface area (Å²) < 4.78 is 0. The maximum atomic E-state index is 5.80. The number of anilines is 1. The van der Waals surface area contributed by atoms with E-state index in [0.717, 1.165) is 24.5 Å². The van der Waals surface area contributed by atoms with Gasteiger partial charge in [-0.2, -0.15) is 0 Å². The molecule has 0 amide bonds. The van der Waals surface area contributed by atoms with Gasteiger partial charge < -0.3 is 5.32 Å². The third kappa shape index (κ3) is 3.41. The lowest BCUT2D eigenvalue weighted by Gasteiger charge is -2.04. The Kier molecular flexibility index (Phi) is 3.97. The quantitative estimate of drug-likeness (QED) is 0.859. The highest BCUT2D eigenvalue weighted by atomic mass is 35.5. The van der Waals surface area contributed by atoms with Gasteiger partial charge in [0.2, 0.25) is 5.28 Å². The standard InChI is InChI=1S/C12H14ClN3S/c1-3-9-4-5-10(17-9)7-14-11-6-8(2)15-12(13)16-11/h4-6H,3,7H2,1-2H3,(H,14,15,16). The molecule has 2 aromatic heterocycles. The van der Waals surface area contributed by atoms with E-state index in [1.165, 1.54) is 9.75 Å². The minimum atomic E-state index is 0.285. The molecule has 0 saturated heterocycles. The van der Waals surface area contributed by atoms with Crippen molar-refractivity contribution in [3.05, 3.63) is 38.9 Å². The number of aryl methyl sites for hydroxylation is 2. The van der Waals surface area contributed by atoms with Crippen LogP contribution in [0.25, 0.3) is 0 Å². The molecule has 0 aromatic carbocycles. The zero-order valence-electron chi connectivity index (χ0n) is 9.83. The fourth-order valence-electron chi connectivity index (χ4n) is 1.51. The van der Waals surface area contributed by atoms with Crippen LogP contribution in [0.4, 0.5) is 5.82 Å². The molecule has 2 heterocycles. The summed E-state index contributed by atoms with van der Waals surface area (Å²) in [6.07, 6.45) is 1.09. The Labute approximate surface area is 110 Å². The van der Waals surface area contributed by atoms with Crippen molar-refractivity contribution in [3.63, 3.8) is 0 Å². The van der Waals surface area contributed by atoms with E-state index < -0.39 is 0 Å². The largest absolute Gasteiger partial charge is 0.365 e. The van der Waals surface area contributed by atoms with Crippen molar-refractivity contribution in [1.29, 1.82) is 0 Å². The predicted octanol–water partition coefficient (Wildman–Crippen LogP) is 3.67. The molecule has 0 atom stereocenters. The molecular weight excluding hydrogens is 254 g/mol. The molecule has 1 N–H and O–H groups in total. The maximum Gasteiger partial charge on any atom is 0.224 e. The molecule has 0 aliphatic heterocycles. The number of halogens is 1. The van der Waals surface area contributed by atoms with Crippen molar-refractivity contribution in [2.24, 2.45) is 0 Å². The first kappa shape index (κ1) is 12.3. The lowest BCUT2D eigenvalue weighted by molar-refractivity contribution is 1.06. The molecule has 0 aliphatic carbocycles. The Bertz CT molecular complexity index is 490. The van der Waals surface area contributed by atoms with E-state index in [-0.39, 0.29) is 5.28 Å². The molecule has 0 spiro atoms. The van der Waals surface area contributed by atoms with Gasteiger partial charge in [-0.15, -0.1) is 11.3 Å². The van der Waals surface area contributed by atoms with E-state index in [1.807, 2.05) is 24.3 Å². The van der Waals surface area contributed by atoms with Crippen molar-refractivity contribution in [1.82, 2.24) is 9.97 Å². The Balaban J connectivity index is 2.01. The van der Waals surface area contributed by atoms with Gasteiger partial charge in [-0.3, -0.25) is 0 Å². The summed E-state index contributed by atoms with van der Waals surface area (Å²) in [6.45, 7) is 4.84. The molecular formula is C12H14ClN3S. The smallest absolute Gasteiger partial charge is 0.224 e. The minimum Gasteiger partial charge on any atom is -0.365 e. The van der Waals surface area contributed by atoms with Crippen LogP contribution in [0.2, 0.25) is 5.28 Å². The number of hydrogen-bond donors (Lipinski definition) is 1. The predicted molar refractivity (Wildman–Crippen MR) is 72.8 cm³/mol. The molecule has 0 unspecified atom stereocenters. The molecule has 17 heavy (non-hydrogen) atoms. The minimum absolute atomic E-state index is 0.285. The summed E-state index contributed by atoms with van der Waals surface area (Å²) in [5, 5.41) is 3.54. The van der Waals surface area contributed by atoms with Gasteiger partial charge in [0.05, 0.1) is 6.54 Å². The molecule has 90 valence electrons. The number of hydrogen-bond acceptors (Lipinski definition) is 4. The second-order valence-electron chi connectivity index (χ2n) is 3.74. The summed E-state index contributed by atoms with van der Waals surface area (Å²) in [4.78, 5) is 10.8. The van der Waals surface area contributed by atoms with Crippen LogP contribution in [-0.4, -0.2) is 9.97 Å². The lowest BCUT2D eigenvalue weighted by Crippen LogP contribution is -2.01. The first-order valence-corrected chi connectivity index (χ1v) is 6.69. The fourth-order valence-corrected chi connectivity index (χ4v) is 2.63. The Morgan fingerprint density at radius 2 is 2.06 bits per heavy atom. The monoisotopic (exact) mass is 267 g/mol. The van der Waals surface area contributed by atoms with E-state index in [0.29, 0.717) is 0 Å². The molecule has 2 rings (SSSR count). The van der Waals surface area contributed by atoms with Crippen molar-refractivity contribution >= 4 is 28.8 Å².